The lowest BCUT2D eigenvalue weighted by atomic mass is 10.1. The minimum atomic E-state index is -0.323. The third kappa shape index (κ3) is 4.24. The van der Waals surface area contributed by atoms with Gasteiger partial charge < -0.3 is 19.2 Å². The van der Waals surface area contributed by atoms with Crippen molar-refractivity contribution in [2.24, 2.45) is 0 Å². The molecule has 4 rings (SSSR count). The van der Waals surface area contributed by atoms with Crippen molar-refractivity contribution < 1.29 is 18.5 Å². The average molecular weight is 447 g/mol. The maximum absolute atomic E-state index is 13.3. The zero-order valence-corrected chi connectivity index (χ0v) is 19.4. The van der Waals surface area contributed by atoms with Crippen molar-refractivity contribution in [3.05, 3.63) is 64.7 Å². The number of nitrogens with one attached hydrogen (secondary N) is 1. The molecule has 0 saturated heterocycles. The Balaban J connectivity index is 1.66. The molecule has 0 saturated carbocycles. The van der Waals surface area contributed by atoms with Crippen LogP contribution in [0, 0.1) is 20.8 Å². The van der Waals surface area contributed by atoms with Gasteiger partial charge in [0.1, 0.15) is 11.5 Å². The number of benzene rings is 1. The molecule has 8 nitrogen and oxygen atoms in total. The highest BCUT2D eigenvalue weighted by Gasteiger charge is 2.21. The first-order valence-corrected chi connectivity index (χ1v) is 10.9. The number of fused-ring (bicyclic) bond motifs is 1. The van der Waals surface area contributed by atoms with Crippen LogP contribution in [0.15, 0.2) is 45.3 Å². The number of hydrogen-bond acceptors (Lipinski definition) is 6. The summed E-state index contributed by atoms with van der Waals surface area (Å²) in [7, 11) is 0. The van der Waals surface area contributed by atoms with E-state index in [0.717, 1.165) is 11.3 Å². The molecule has 0 aliphatic carbocycles. The molecule has 1 aromatic carbocycles. The van der Waals surface area contributed by atoms with Crippen LogP contribution in [0.1, 0.15) is 51.8 Å². The van der Waals surface area contributed by atoms with Crippen LogP contribution in [0.25, 0.3) is 22.4 Å². The summed E-state index contributed by atoms with van der Waals surface area (Å²) in [4.78, 5) is 32.1. The molecule has 0 fully saturated rings. The van der Waals surface area contributed by atoms with Gasteiger partial charge in [-0.25, -0.2) is 4.98 Å². The maximum atomic E-state index is 13.3. The van der Waals surface area contributed by atoms with Gasteiger partial charge in [-0.05, 0) is 71.0 Å². The molecule has 0 radical (unpaired) electrons. The molecule has 170 valence electrons. The van der Waals surface area contributed by atoms with Gasteiger partial charge in [-0.2, -0.15) is 0 Å². The van der Waals surface area contributed by atoms with Crippen LogP contribution in [-0.4, -0.2) is 39.9 Å². The number of carbonyl (C=O) groups excluding carboxylic acids is 2. The standard InChI is InChI=1S/C25H26N4O4/c1-6-29(7-2)25(31)17-8-10-18(11-9-17)26-23(30)20-13-21(19-12-14(3)32-16(19)5)27-24-22(20)15(4)28-33-24/h8-13H,6-7H2,1-5H3,(H,26,30). The van der Waals surface area contributed by atoms with Gasteiger partial charge in [-0.15, -0.1) is 0 Å². The molecule has 3 aromatic heterocycles. The smallest absolute Gasteiger partial charge is 0.259 e. The highest BCUT2D eigenvalue weighted by Crippen LogP contribution is 2.31. The van der Waals surface area contributed by atoms with E-state index in [1.54, 1.807) is 42.2 Å². The fourth-order valence-electron chi connectivity index (χ4n) is 3.88. The number of pyridine rings is 1. The Hall–Kier alpha value is -3.94. The fourth-order valence-corrected chi connectivity index (χ4v) is 3.88. The lowest BCUT2D eigenvalue weighted by Gasteiger charge is -2.18. The Morgan fingerprint density at radius 3 is 2.33 bits per heavy atom. The van der Waals surface area contributed by atoms with Crippen molar-refractivity contribution in [2.45, 2.75) is 34.6 Å². The van der Waals surface area contributed by atoms with E-state index in [4.69, 9.17) is 8.94 Å². The normalized spacial score (nSPS) is 11.1. The Labute approximate surface area is 191 Å². The largest absolute Gasteiger partial charge is 0.466 e. The Kier molecular flexibility index (Phi) is 6.00. The van der Waals surface area contributed by atoms with E-state index < -0.39 is 0 Å². The van der Waals surface area contributed by atoms with E-state index >= 15 is 0 Å². The Morgan fingerprint density at radius 2 is 1.73 bits per heavy atom. The molecule has 2 amide bonds. The van der Waals surface area contributed by atoms with Crippen LogP contribution >= 0.6 is 0 Å². The third-order valence-electron chi connectivity index (χ3n) is 5.62. The van der Waals surface area contributed by atoms with Crippen LogP contribution in [0.5, 0.6) is 0 Å². The number of carbonyl (C=O) groups is 2. The van der Waals surface area contributed by atoms with E-state index in [2.05, 4.69) is 15.5 Å². The number of aromatic nitrogens is 2. The predicted octanol–water partition coefficient (Wildman–Crippen LogP) is 5.14. The van der Waals surface area contributed by atoms with E-state index in [9.17, 15) is 9.59 Å². The number of furan rings is 1. The van der Waals surface area contributed by atoms with Gasteiger partial charge in [-0.3, -0.25) is 9.59 Å². The fraction of sp³-hybridized carbons (Fsp3) is 0.280. The number of nitrogens with zero attached hydrogens (tertiary/aromatic N) is 3. The first-order valence-electron chi connectivity index (χ1n) is 10.9. The summed E-state index contributed by atoms with van der Waals surface area (Å²) in [5.74, 6) is 1.10. The number of aryl methyl sites for hydroxylation is 3. The summed E-state index contributed by atoms with van der Waals surface area (Å²) in [6.07, 6.45) is 0. The maximum Gasteiger partial charge on any atom is 0.259 e. The van der Waals surface area contributed by atoms with Gasteiger partial charge in [0.2, 0.25) is 0 Å². The predicted molar refractivity (Wildman–Crippen MR) is 125 cm³/mol. The van der Waals surface area contributed by atoms with Gasteiger partial charge in [-0.1, -0.05) is 5.16 Å². The van der Waals surface area contributed by atoms with Crippen LogP contribution < -0.4 is 5.32 Å². The Bertz CT molecular complexity index is 1330. The van der Waals surface area contributed by atoms with Crippen LogP contribution in [0.2, 0.25) is 0 Å². The molecule has 3 heterocycles. The van der Waals surface area contributed by atoms with E-state index in [1.165, 1.54) is 0 Å². The van der Waals surface area contributed by atoms with Crippen molar-refractivity contribution in [2.75, 3.05) is 18.4 Å². The van der Waals surface area contributed by atoms with Crippen molar-refractivity contribution in [1.29, 1.82) is 0 Å². The lowest BCUT2D eigenvalue weighted by molar-refractivity contribution is 0.0773. The summed E-state index contributed by atoms with van der Waals surface area (Å²) in [6.45, 7) is 10.6. The summed E-state index contributed by atoms with van der Waals surface area (Å²) in [5, 5.41) is 7.45. The minimum Gasteiger partial charge on any atom is -0.466 e. The molecule has 0 atom stereocenters. The van der Waals surface area contributed by atoms with Crippen LogP contribution in [0.3, 0.4) is 0 Å². The summed E-state index contributed by atoms with van der Waals surface area (Å²) >= 11 is 0. The zero-order chi connectivity index (χ0) is 23.7. The van der Waals surface area contributed by atoms with E-state index in [1.807, 2.05) is 33.8 Å². The molecule has 0 bridgehead atoms. The summed E-state index contributed by atoms with van der Waals surface area (Å²) in [5.41, 5.74) is 3.77. The third-order valence-corrected chi connectivity index (χ3v) is 5.62. The summed E-state index contributed by atoms with van der Waals surface area (Å²) < 4.78 is 11.0. The second-order valence-corrected chi connectivity index (χ2v) is 7.84. The molecular weight excluding hydrogens is 420 g/mol. The Morgan fingerprint density at radius 1 is 1.03 bits per heavy atom. The molecule has 1 N–H and O–H groups in total. The van der Waals surface area contributed by atoms with Crippen LogP contribution in [0.4, 0.5) is 5.69 Å². The molecule has 0 aliphatic heterocycles. The topological polar surface area (TPSA) is 101 Å². The SMILES string of the molecule is CCN(CC)C(=O)c1ccc(NC(=O)c2cc(-c3cc(C)oc3C)nc3onc(C)c23)cc1. The van der Waals surface area contributed by atoms with Crippen molar-refractivity contribution in [1.82, 2.24) is 15.0 Å². The highest BCUT2D eigenvalue weighted by molar-refractivity contribution is 6.13. The minimum absolute atomic E-state index is 0.0377. The van der Waals surface area contributed by atoms with Crippen molar-refractivity contribution in [3.63, 3.8) is 0 Å². The van der Waals surface area contributed by atoms with Crippen LogP contribution in [-0.2, 0) is 0 Å². The van der Waals surface area contributed by atoms with Gasteiger partial charge >= 0.3 is 0 Å². The molecule has 4 aromatic rings. The molecule has 0 aliphatic rings. The number of amides is 2. The van der Waals surface area contributed by atoms with Gasteiger partial charge in [0.25, 0.3) is 17.5 Å². The zero-order valence-electron chi connectivity index (χ0n) is 19.4. The van der Waals surface area contributed by atoms with Crippen molar-refractivity contribution in [3.8, 4) is 11.3 Å². The number of rotatable bonds is 6. The second-order valence-electron chi connectivity index (χ2n) is 7.84. The second kappa shape index (κ2) is 8.90. The highest BCUT2D eigenvalue weighted by atomic mass is 16.5. The first kappa shape index (κ1) is 22.3. The number of anilines is 1. The average Bonchev–Trinajstić information content (AvgIpc) is 3.35. The molecular formula is C25H26N4O4. The molecule has 8 heteroatoms. The van der Waals surface area contributed by atoms with Crippen molar-refractivity contribution >= 4 is 28.6 Å². The molecule has 0 unspecified atom stereocenters. The van der Waals surface area contributed by atoms with Gasteiger partial charge in [0.05, 0.1) is 22.3 Å². The van der Waals surface area contributed by atoms with E-state index in [-0.39, 0.29) is 17.5 Å². The summed E-state index contributed by atoms with van der Waals surface area (Å²) in [6, 6.07) is 10.5. The number of hydrogen-bond donors (Lipinski definition) is 1. The van der Waals surface area contributed by atoms with Gasteiger partial charge in [0, 0.05) is 29.9 Å². The first-order chi connectivity index (χ1) is 15.8. The molecule has 0 spiro atoms. The van der Waals surface area contributed by atoms with E-state index in [0.29, 0.717) is 52.4 Å². The monoisotopic (exact) mass is 446 g/mol. The quantitative estimate of drug-likeness (QED) is 0.440. The molecule has 33 heavy (non-hydrogen) atoms. The van der Waals surface area contributed by atoms with Gasteiger partial charge in [0.15, 0.2) is 0 Å². The lowest BCUT2D eigenvalue weighted by Crippen LogP contribution is -2.30.